The Morgan fingerprint density at radius 2 is 1.60 bits per heavy atom. The summed E-state index contributed by atoms with van der Waals surface area (Å²) in [5, 5.41) is 9.01. The van der Waals surface area contributed by atoms with Crippen molar-refractivity contribution in [2.45, 2.75) is 32.6 Å². The Labute approximate surface area is 137 Å². The maximum absolute atomic E-state index is 9.01. The van der Waals surface area contributed by atoms with E-state index in [2.05, 4.69) is 19.1 Å². The van der Waals surface area contributed by atoms with E-state index >= 15 is 0 Å². The Hall–Kier alpha value is 0.219. The molecule has 2 aliphatic rings. The topological polar surface area (TPSA) is 20.2 Å². The van der Waals surface area contributed by atoms with Crippen molar-refractivity contribution in [2.24, 2.45) is 0 Å². The van der Waals surface area contributed by atoms with Gasteiger partial charge in [0.25, 0.3) is 0 Å². The van der Waals surface area contributed by atoms with Gasteiger partial charge in [-0.15, -0.1) is 0 Å². The summed E-state index contributed by atoms with van der Waals surface area (Å²) >= 11 is 0. The van der Waals surface area contributed by atoms with Crippen LogP contribution in [-0.2, 0) is 17.1 Å². The van der Waals surface area contributed by atoms with Gasteiger partial charge in [0, 0.05) is 11.8 Å². The Morgan fingerprint density at radius 1 is 0.950 bits per heavy atom. The van der Waals surface area contributed by atoms with E-state index in [-0.39, 0.29) is 23.7 Å². The first-order chi connectivity index (χ1) is 9.38. The molecule has 0 aliphatic heterocycles. The SMILES string of the molecule is CCCCC/C=C\[C]1[CH][CH][CH][C]1CO.[CH]1[CH][CH][CH][CH]1.[Fe+2]. The Bertz CT molecular complexity index is 216. The monoisotopic (exact) mass is 312 g/mol. The molecule has 2 aliphatic carbocycles. The molecule has 2 rings (SSSR count). The molecule has 0 unspecified atom stereocenters. The average Bonchev–Trinajstić information content (AvgIpc) is 3.12. The zero-order chi connectivity index (χ0) is 13.8. The predicted octanol–water partition coefficient (Wildman–Crippen LogP) is 3.91. The molecular formula is C18H24FeO+2. The largest absolute Gasteiger partial charge is 2.00 e. The third-order valence-corrected chi connectivity index (χ3v) is 2.94. The van der Waals surface area contributed by atoms with Crippen molar-refractivity contribution in [1.29, 1.82) is 0 Å². The van der Waals surface area contributed by atoms with Gasteiger partial charge in [0.1, 0.15) is 0 Å². The smallest absolute Gasteiger partial charge is 0.396 e. The van der Waals surface area contributed by atoms with Crippen molar-refractivity contribution >= 4 is 0 Å². The maximum Gasteiger partial charge on any atom is 2.00 e. The van der Waals surface area contributed by atoms with Gasteiger partial charge in [0.05, 0.1) is 6.61 Å². The van der Waals surface area contributed by atoms with Gasteiger partial charge in [0.15, 0.2) is 0 Å². The van der Waals surface area contributed by atoms with Crippen LogP contribution in [0.1, 0.15) is 32.6 Å². The summed E-state index contributed by atoms with van der Waals surface area (Å²) in [5.41, 5.74) is 0. The molecule has 2 fully saturated rings. The van der Waals surface area contributed by atoms with E-state index in [1.54, 1.807) is 0 Å². The van der Waals surface area contributed by atoms with Crippen LogP contribution in [0.4, 0.5) is 0 Å². The van der Waals surface area contributed by atoms with E-state index in [1.165, 1.54) is 19.3 Å². The molecule has 10 radical (unpaired) electrons. The van der Waals surface area contributed by atoms with Crippen molar-refractivity contribution < 1.29 is 22.2 Å². The molecular weight excluding hydrogens is 288 g/mol. The van der Waals surface area contributed by atoms with E-state index in [0.29, 0.717) is 0 Å². The molecule has 0 aromatic rings. The number of hydrogen-bond donors (Lipinski definition) is 1. The zero-order valence-electron chi connectivity index (χ0n) is 12.1. The quantitative estimate of drug-likeness (QED) is 0.582. The zero-order valence-corrected chi connectivity index (χ0v) is 13.2. The number of aliphatic hydroxyl groups excluding tert-OH is 1. The number of unbranched alkanes of at least 4 members (excludes halogenated alkanes) is 3. The molecule has 1 N–H and O–H groups in total. The molecule has 0 heterocycles. The van der Waals surface area contributed by atoms with E-state index in [1.807, 2.05) is 51.4 Å². The van der Waals surface area contributed by atoms with E-state index in [9.17, 15) is 0 Å². The van der Waals surface area contributed by atoms with Crippen LogP contribution in [0.3, 0.4) is 0 Å². The van der Waals surface area contributed by atoms with Gasteiger partial charge in [-0.2, -0.15) is 0 Å². The van der Waals surface area contributed by atoms with Gasteiger partial charge >= 0.3 is 17.1 Å². The summed E-state index contributed by atoms with van der Waals surface area (Å²) in [7, 11) is 0. The number of rotatable bonds is 6. The summed E-state index contributed by atoms with van der Waals surface area (Å²) < 4.78 is 0. The normalized spacial score (nSPS) is 19.9. The van der Waals surface area contributed by atoms with Crippen LogP contribution in [0.25, 0.3) is 0 Å². The third kappa shape index (κ3) is 9.21. The van der Waals surface area contributed by atoms with E-state index in [4.69, 9.17) is 5.11 Å². The standard InChI is InChI=1S/C13H19O.C5H5.Fe/c1-2-3-4-5-6-8-12-9-7-10-13(12)11-14;1-2-4-5-3-1;/h6-10,14H,2-5,11H2,1H3;1-5H;/q;;+2/b8-6-;;. The molecule has 20 heavy (non-hydrogen) atoms. The maximum atomic E-state index is 9.01. The van der Waals surface area contributed by atoms with Crippen molar-refractivity contribution in [3.63, 3.8) is 0 Å². The number of allylic oxidation sites excluding steroid dienone is 2. The van der Waals surface area contributed by atoms with E-state index in [0.717, 1.165) is 18.3 Å². The van der Waals surface area contributed by atoms with Gasteiger partial charge in [-0.1, -0.05) is 31.9 Å². The Kier molecular flexibility index (Phi) is 14.3. The second kappa shape index (κ2) is 14.2. The minimum absolute atomic E-state index is 0. The second-order valence-electron chi connectivity index (χ2n) is 4.52. The molecule has 0 amide bonds. The molecule has 0 aromatic heterocycles. The molecule has 0 aromatic carbocycles. The van der Waals surface area contributed by atoms with Crippen LogP contribution in [0.2, 0.25) is 0 Å². The molecule has 0 bridgehead atoms. The van der Waals surface area contributed by atoms with Gasteiger partial charge in [-0.3, -0.25) is 0 Å². The van der Waals surface area contributed by atoms with Crippen LogP contribution in [0, 0.1) is 63.2 Å². The first-order valence-corrected chi connectivity index (χ1v) is 7.07. The van der Waals surface area contributed by atoms with E-state index < -0.39 is 0 Å². The van der Waals surface area contributed by atoms with Crippen LogP contribution in [0.5, 0.6) is 0 Å². The Balaban J connectivity index is 0.000000507. The van der Waals surface area contributed by atoms with Crippen LogP contribution in [0.15, 0.2) is 12.2 Å². The van der Waals surface area contributed by atoms with Crippen molar-refractivity contribution in [3.05, 3.63) is 75.4 Å². The summed E-state index contributed by atoms with van der Waals surface area (Å²) in [4.78, 5) is 0. The first kappa shape index (κ1) is 20.2. The minimum Gasteiger partial charge on any atom is -0.396 e. The predicted molar refractivity (Wildman–Crippen MR) is 81.3 cm³/mol. The summed E-state index contributed by atoms with van der Waals surface area (Å²) in [6.45, 7) is 2.35. The molecule has 0 saturated heterocycles. The fourth-order valence-electron chi connectivity index (χ4n) is 1.82. The molecule has 2 heteroatoms. The van der Waals surface area contributed by atoms with Crippen LogP contribution >= 0.6 is 0 Å². The van der Waals surface area contributed by atoms with Gasteiger partial charge in [-0.25, -0.2) is 0 Å². The van der Waals surface area contributed by atoms with Crippen molar-refractivity contribution in [2.75, 3.05) is 6.61 Å². The van der Waals surface area contributed by atoms with Crippen molar-refractivity contribution in [1.82, 2.24) is 0 Å². The molecule has 0 atom stereocenters. The first-order valence-electron chi connectivity index (χ1n) is 7.07. The second-order valence-corrected chi connectivity index (χ2v) is 4.52. The summed E-state index contributed by atoms with van der Waals surface area (Å²) in [6, 6.07) is 0. The van der Waals surface area contributed by atoms with Gasteiger partial charge in [0.2, 0.25) is 0 Å². The fraction of sp³-hybridized carbons (Fsp3) is 0.333. The van der Waals surface area contributed by atoms with Crippen molar-refractivity contribution in [3.8, 4) is 0 Å². The molecule has 0 spiro atoms. The number of hydrogen-bond acceptors (Lipinski definition) is 1. The molecule has 1 nitrogen and oxygen atoms in total. The Morgan fingerprint density at radius 3 is 2.15 bits per heavy atom. The minimum atomic E-state index is 0. The summed E-state index contributed by atoms with van der Waals surface area (Å²) in [5.74, 6) is 2.18. The molecule has 2 saturated carbocycles. The average molecular weight is 312 g/mol. The van der Waals surface area contributed by atoms with Gasteiger partial charge in [-0.05, 0) is 64.2 Å². The third-order valence-electron chi connectivity index (χ3n) is 2.94. The van der Waals surface area contributed by atoms with Crippen LogP contribution in [-0.4, -0.2) is 11.7 Å². The number of aliphatic hydroxyl groups is 1. The summed E-state index contributed by atoms with van der Waals surface area (Å²) in [6.07, 6.45) is 25.3. The fourth-order valence-corrected chi connectivity index (χ4v) is 1.82. The molecule has 108 valence electrons. The van der Waals surface area contributed by atoms with Gasteiger partial charge < -0.3 is 5.11 Å². The van der Waals surface area contributed by atoms with Crippen LogP contribution < -0.4 is 0 Å².